The van der Waals surface area contributed by atoms with Crippen LogP contribution in [0.25, 0.3) is 0 Å². The van der Waals surface area contributed by atoms with Crippen molar-refractivity contribution in [1.29, 1.82) is 0 Å². The molecule has 0 aliphatic carbocycles. The van der Waals surface area contributed by atoms with Crippen molar-refractivity contribution in [1.82, 2.24) is 0 Å². The lowest BCUT2D eigenvalue weighted by Gasteiger charge is -2.34. The van der Waals surface area contributed by atoms with Crippen LogP contribution in [-0.4, -0.2) is 38.2 Å². The molecule has 33 heavy (non-hydrogen) atoms. The largest absolute Gasteiger partial charge is 0.484 e. The number of hydroxylamine groups is 1. The van der Waals surface area contributed by atoms with Crippen LogP contribution in [0.1, 0.15) is 17.3 Å². The number of para-hydroxylation sites is 2. The Morgan fingerprint density at radius 2 is 1.82 bits per heavy atom. The topological polar surface area (TPSA) is 68.3 Å². The number of nitrogens with zero attached hydrogens (tertiary/aromatic N) is 2. The fourth-order valence-electron chi connectivity index (χ4n) is 3.56. The van der Waals surface area contributed by atoms with Gasteiger partial charge in [-0.3, -0.25) is 14.4 Å². The van der Waals surface area contributed by atoms with E-state index in [2.05, 4.69) is 4.90 Å². The molecule has 0 fully saturated rings. The molecule has 0 saturated carbocycles. The Balaban J connectivity index is 1.63. The molecule has 0 spiro atoms. The van der Waals surface area contributed by atoms with Gasteiger partial charge >= 0.3 is 5.97 Å². The SMILES string of the molecule is CC(=O)Oc1ccc(Cl)cc1N(OC[C@@H]1CN(C)c2ccccc2O1)C(=O)c1ccccc1. The first-order valence-corrected chi connectivity index (χ1v) is 10.8. The third kappa shape index (κ3) is 5.27. The maximum atomic E-state index is 13.4. The second kappa shape index (κ2) is 9.94. The van der Waals surface area contributed by atoms with E-state index in [4.69, 9.17) is 25.9 Å². The lowest BCUT2D eigenvalue weighted by molar-refractivity contribution is -0.131. The molecule has 3 aromatic carbocycles. The molecule has 0 radical (unpaired) electrons. The summed E-state index contributed by atoms with van der Waals surface area (Å²) in [4.78, 5) is 33.1. The highest BCUT2D eigenvalue weighted by Crippen LogP contribution is 2.35. The standard InChI is InChI=1S/C25H23ClN2O5/c1-17(29)32-24-13-12-19(26)14-22(24)28(25(30)18-8-4-3-5-9-18)31-16-20-15-27(2)21-10-6-7-11-23(21)33-20/h3-14,20H,15-16H2,1-2H3/t20-/m0/s1. The first-order chi connectivity index (χ1) is 15.9. The van der Waals surface area contributed by atoms with E-state index in [1.165, 1.54) is 19.1 Å². The lowest BCUT2D eigenvalue weighted by atomic mass is 10.2. The molecule has 1 atom stereocenters. The molecule has 3 aromatic rings. The molecule has 1 aliphatic heterocycles. The van der Waals surface area contributed by atoms with Gasteiger partial charge in [0.2, 0.25) is 0 Å². The number of carbonyl (C=O) groups excluding carboxylic acids is 2. The molecule has 1 amide bonds. The number of halogens is 1. The van der Waals surface area contributed by atoms with Crippen LogP contribution in [0, 0.1) is 0 Å². The van der Waals surface area contributed by atoms with Crippen LogP contribution in [0.5, 0.6) is 11.5 Å². The summed E-state index contributed by atoms with van der Waals surface area (Å²) in [5.41, 5.74) is 1.60. The van der Waals surface area contributed by atoms with Crippen molar-refractivity contribution in [2.24, 2.45) is 0 Å². The number of carbonyl (C=O) groups is 2. The highest BCUT2D eigenvalue weighted by Gasteiger charge is 2.28. The number of hydrogen-bond donors (Lipinski definition) is 0. The van der Waals surface area contributed by atoms with E-state index in [0.29, 0.717) is 17.1 Å². The first-order valence-electron chi connectivity index (χ1n) is 10.4. The molecular weight excluding hydrogens is 444 g/mol. The maximum Gasteiger partial charge on any atom is 0.308 e. The summed E-state index contributed by atoms with van der Waals surface area (Å²) in [6.45, 7) is 1.92. The zero-order valence-corrected chi connectivity index (χ0v) is 19.0. The van der Waals surface area contributed by atoms with Gasteiger partial charge in [0, 0.05) is 24.6 Å². The summed E-state index contributed by atoms with van der Waals surface area (Å²) >= 11 is 6.21. The van der Waals surface area contributed by atoms with Gasteiger partial charge in [0.05, 0.1) is 12.2 Å². The molecule has 1 heterocycles. The number of ether oxygens (including phenoxy) is 2. The van der Waals surface area contributed by atoms with E-state index in [0.717, 1.165) is 16.5 Å². The van der Waals surface area contributed by atoms with Gasteiger partial charge in [-0.1, -0.05) is 41.9 Å². The van der Waals surface area contributed by atoms with Gasteiger partial charge in [-0.05, 0) is 42.5 Å². The van der Waals surface area contributed by atoms with E-state index in [9.17, 15) is 9.59 Å². The number of hydrogen-bond acceptors (Lipinski definition) is 6. The van der Waals surface area contributed by atoms with Crippen molar-refractivity contribution in [3.63, 3.8) is 0 Å². The quantitative estimate of drug-likeness (QED) is 0.297. The molecule has 7 nitrogen and oxygen atoms in total. The second-order valence-electron chi connectivity index (χ2n) is 7.56. The van der Waals surface area contributed by atoms with Gasteiger partial charge in [-0.15, -0.1) is 0 Å². The Bertz CT molecular complexity index is 1150. The Hall–Kier alpha value is -3.55. The molecule has 0 saturated heterocycles. The molecule has 8 heteroatoms. The van der Waals surface area contributed by atoms with Gasteiger partial charge in [0.1, 0.15) is 24.1 Å². The van der Waals surface area contributed by atoms with Crippen LogP contribution in [0.15, 0.2) is 72.8 Å². The lowest BCUT2D eigenvalue weighted by Crippen LogP contribution is -2.43. The normalized spacial score (nSPS) is 14.8. The number of esters is 1. The van der Waals surface area contributed by atoms with Gasteiger partial charge < -0.3 is 14.4 Å². The average Bonchev–Trinajstić information content (AvgIpc) is 2.81. The number of benzene rings is 3. The zero-order valence-electron chi connectivity index (χ0n) is 18.2. The van der Waals surface area contributed by atoms with E-state index in [-0.39, 0.29) is 24.1 Å². The summed E-state index contributed by atoms with van der Waals surface area (Å²) in [5, 5.41) is 1.46. The van der Waals surface area contributed by atoms with Crippen LogP contribution in [-0.2, 0) is 9.63 Å². The van der Waals surface area contributed by atoms with Crippen LogP contribution in [0.2, 0.25) is 5.02 Å². The molecule has 0 aromatic heterocycles. The molecule has 0 unspecified atom stereocenters. The van der Waals surface area contributed by atoms with Gasteiger partial charge in [0.25, 0.3) is 5.91 Å². The van der Waals surface area contributed by atoms with Gasteiger partial charge in [0.15, 0.2) is 5.75 Å². The minimum absolute atomic E-state index is 0.0727. The number of amides is 1. The second-order valence-corrected chi connectivity index (χ2v) is 7.99. The van der Waals surface area contributed by atoms with Crippen molar-refractivity contribution in [2.45, 2.75) is 13.0 Å². The van der Waals surface area contributed by atoms with Crippen LogP contribution < -0.4 is 19.4 Å². The number of anilines is 2. The van der Waals surface area contributed by atoms with Crippen molar-refractivity contribution in [2.75, 3.05) is 30.2 Å². The monoisotopic (exact) mass is 466 g/mol. The van der Waals surface area contributed by atoms with Crippen LogP contribution in [0.3, 0.4) is 0 Å². The molecule has 1 aliphatic rings. The fraction of sp³-hybridized carbons (Fsp3) is 0.200. The Kier molecular flexibility index (Phi) is 6.82. The zero-order chi connectivity index (χ0) is 23.4. The predicted octanol–water partition coefficient (Wildman–Crippen LogP) is 4.74. The van der Waals surface area contributed by atoms with Crippen molar-refractivity contribution in [3.05, 3.63) is 83.4 Å². The Morgan fingerprint density at radius 1 is 1.09 bits per heavy atom. The first kappa shape index (κ1) is 22.6. The third-order valence-corrected chi connectivity index (χ3v) is 5.27. The number of likely N-dealkylation sites (N-methyl/N-ethyl adjacent to an activating group) is 1. The summed E-state index contributed by atoms with van der Waals surface area (Å²) in [7, 11) is 1.97. The van der Waals surface area contributed by atoms with Gasteiger partial charge in [-0.25, -0.2) is 0 Å². The average molecular weight is 467 g/mol. The summed E-state index contributed by atoms with van der Waals surface area (Å²) in [6, 6.07) is 21.0. The fourth-order valence-corrected chi connectivity index (χ4v) is 3.73. The van der Waals surface area contributed by atoms with E-state index in [1.807, 2.05) is 37.4 Å². The van der Waals surface area contributed by atoms with Gasteiger partial charge in [-0.2, -0.15) is 5.06 Å². The summed E-state index contributed by atoms with van der Waals surface area (Å²) in [6.07, 6.45) is -0.340. The van der Waals surface area contributed by atoms with E-state index in [1.54, 1.807) is 30.3 Å². The Morgan fingerprint density at radius 3 is 2.58 bits per heavy atom. The summed E-state index contributed by atoms with van der Waals surface area (Å²) in [5.74, 6) is -0.0669. The smallest absolute Gasteiger partial charge is 0.308 e. The van der Waals surface area contributed by atoms with Crippen LogP contribution in [0.4, 0.5) is 11.4 Å². The third-order valence-electron chi connectivity index (χ3n) is 5.04. The highest BCUT2D eigenvalue weighted by molar-refractivity contribution is 6.31. The van der Waals surface area contributed by atoms with Crippen molar-refractivity contribution < 1.29 is 23.9 Å². The van der Waals surface area contributed by atoms with E-state index < -0.39 is 11.9 Å². The predicted molar refractivity (Wildman–Crippen MR) is 126 cm³/mol. The number of rotatable bonds is 6. The minimum Gasteiger partial charge on any atom is -0.484 e. The van der Waals surface area contributed by atoms with Crippen molar-refractivity contribution >= 4 is 34.9 Å². The maximum absolute atomic E-state index is 13.4. The van der Waals surface area contributed by atoms with Crippen LogP contribution >= 0.6 is 11.6 Å². The molecular formula is C25H23ClN2O5. The molecule has 0 N–H and O–H groups in total. The molecule has 4 rings (SSSR count). The highest BCUT2D eigenvalue weighted by atomic mass is 35.5. The summed E-state index contributed by atoms with van der Waals surface area (Å²) < 4.78 is 11.4. The molecule has 0 bridgehead atoms. The minimum atomic E-state index is -0.528. The van der Waals surface area contributed by atoms with Crippen molar-refractivity contribution in [3.8, 4) is 11.5 Å². The van der Waals surface area contributed by atoms with E-state index >= 15 is 0 Å². The Labute approximate surface area is 197 Å². The number of fused-ring (bicyclic) bond motifs is 1. The molecule has 170 valence electrons.